The number of amides is 1. The van der Waals surface area contributed by atoms with E-state index >= 15 is 0 Å². The van der Waals surface area contributed by atoms with E-state index in [1.165, 1.54) is 11.1 Å². The summed E-state index contributed by atoms with van der Waals surface area (Å²) in [5, 5.41) is 9.66. The van der Waals surface area contributed by atoms with E-state index in [4.69, 9.17) is 31.4 Å². The van der Waals surface area contributed by atoms with E-state index in [1.54, 1.807) is 0 Å². The average Bonchev–Trinajstić information content (AvgIpc) is 3.33. The number of rotatable bonds is 7. The van der Waals surface area contributed by atoms with E-state index in [-0.39, 0.29) is 17.9 Å². The summed E-state index contributed by atoms with van der Waals surface area (Å²) in [7, 11) is 0. The first-order valence-electron chi connectivity index (χ1n) is 13.7. The van der Waals surface area contributed by atoms with Gasteiger partial charge in [0.2, 0.25) is 0 Å². The zero-order chi connectivity index (χ0) is 27.7. The van der Waals surface area contributed by atoms with Gasteiger partial charge in [0.1, 0.15) is 0 Å². The van der Waals surface area contributed by atoms with Gasteiger partial charge in [-0.2, -0.15) is 0 Å². The molecule has 7 nitrogen and oxygen atoms in total. The van der Waals surface area contributed by atoms with E-state index in [0.29, 0.717) is 60.6 Å². The number of carbonyl (C=O) groups excluding carboxylic acids is 1. The fourth-order valence-electron chi connectivity index (χ4n) is 5.86. The van der Waals surface area contributed by atoms with Crippen LogP contribution >= 0.6 is 11.6 Å². The molecule has 204 valence electrons. The summed E-state index contributed by atoms with van der Waals surface area (Å²) < 4.78 is 6.27. The zero-order valence-corrected chi connectivity index (χ0v) is 22.9. The van der Waals surface area contributed by atoms with E-state index < -0.39 is 5.97 Å². The Morgan fingerprint density at radius 2 is 1.73 bits per heavy atom. The number of aliphatic carboxylic acids is 1. The molecule has 2 aliphatic rings. The van der Waals surface area contributed by atoms with Gasteiger partial charge in [-0.15, -0.1) is 0 Å². The summed E-state index contributed by atoms with van der Waals surface area (Å²) in [6.45, 7) is 1.88. The maximum Gasteiger partial charge on any atom is 0.303 e. The number of halogens is 1. The summed E-state index contributed by atoms with van der Waals surface area (Å²) in [5.41, 5.74) is 6.56. The van der Waals surface area contributed by atoms with Gasteiger partial charge in [0, 0.05) is 35.7 Å². The van der Waals surface area contributed by atoms with Crippen molar-refractivity contribution < 1.29 is 19.4 Å². The van der Waals surface area contributed by atoms with Crippen molar-refractivity contribution >= 4 is 34.5 Å². The minimum Gasteiger partial charge on any atom is -0.481 e. The highest BCUT2D eigenvalue weighted by Gasteiger charge is 2.43. The largest absolute Gasteiger partial charge is 0.481 e. The number of carboxylic acids is 1. The fourth-order valence-corrected chi connectivity index (χ4v) is 5.98. The average molecular weight is 556 g/mol. The van der Waals surface area contributed by atoms with Crippen LogP contribution in [0.2, 0.25) is 5.02 Å². The molecule has 1 spiro atoms. The van der Waals surface area contributed by atoms with Crippen LogP contribution in [0.15, 0.2) is 66.7 Å². The predicted octanol–water partition coefficient (Wildman–Crippen LogP) is 6.41. The van der Waals surface area contributed by atoms with E-state index in [0.717, 1.165) is 29.8 Å². The van der Waals surface area contributed by atoms with E-state index in [2.05, 4.69) is 18.2 Å². The molecule has 6 rings (SSSR count). The fraction of sp³-hybridized carbons (Fsp3) is 0.312. The number of nitrogens with zero attached hydrogens (tertiary/aromatic N) is 3. The molecule has 1 saturated heterocycles. The third-order valence-electron chi connectivity index (χ3n) is 8.03. The molecule has 1 aromatic heterocycles. The second kappa shape index (κ2) is 11.0. The Balaban J connectivity index is 1.24. The van der Waals surface area contributed by atoms with Gasteiger partial charge < -0.3 is 14.7 Å². The number of aromatic nitrogens is 2. The van der Waals surface area contributed by atoms with Gasteiger partial charge in [0.25, 0.3) is 5.91 Å². The molecule has 3 aromatic carbocycles. The SMILES string of the molecule is O=C(O)CCCCc1nc2cc(C(=O)N3CCC4(CC3)OCc3ccccc34)ccc2nc1-c1ccc(Cl)cc1. The molecule has 3 heterocycles. The lowest BCUT2D eigenvalue weighted by molar-refractivity contribution is -0.137. The molecule has 0 atom stereocenters. The van der Waals surface area contributed by atoms with Gasteiger partial charge in [-0.3, -0.25) is 9.59 Å². The van der Waals surface area contributed by atoms with Crippen LogP contribution < -0.4 is 0 Å². The van der Waals surface area contributed by atoms with Crippen LogP contribution in [0.3, 0.4) is 0 Å². The second-order valence-corrected chi connectivity index (χ2v) is 11.0. The topological polar surface area (TPSA) is 92.6 Å². The molecular formula is C32H30ClN3O4. The van der Waals surface area contributed by atoms with Gasteiger partial charge in [-0.1, -0.05) is 48.0 Å². The number of benzene rings is 3. The third-order valence-corrected chi connectivity index (χ3v) is 8.28. The normalized spacial score (nSPS) is 15.9. The maximum absolute atomic E-state index is 13.5. The van der Waals surface area contributed by atoms with Crippen LogP contribution in [-0.2, 0) is 28.2 Å². The highest BCUT2D eigenvalue weighted by molar-refractivity contribution is 6.30. The third kappa shape index (κ3) is 5.19. The molecule has 0 radical (unpaired) electrons. The summed E-state index contributed by atoms with van der Waals surface area (Å²) in [4.78, 5) is 36.3. The van der Waals surface area contributed by atoms with Crippen molar-refractivity contribution in [2.24, 2.45) is 0 Å². The number of piperidine rings is 1. The minimum atomic E-state index is -0.807. The number of likely N-dealkylation sites (tertiary alicyclic amines) is 1. The van der Waals surface area contributed by atoms with Crippen LogP contribution in [0.1, 0.15) is 59.3 Å². The lowest BCUT2D eigenvalue weighted by Crippen LogP contribution is -2.45. The molecule has 0 unspecified atom stereocenters. The summed E-state index contributed by atoms with van der Waals surface area (Å²) in [6, 6.07) is 21.3. The highest BCUT2D eigenvalue weighted by Crippen LogP contribution is 2.44. The Labute approximate surface area is 237 Å². The lowest BCUT2D eigenvalue weighted by atomic mass is 9.83. The first kappa shape index (κ1) is 26.4. The van der Waals surface area contributed by atoms with Crippen LogP contribution in [0.5, 0.6) is 0 Å². The Bertz CT molecular complexity index is 1580. The molecule has 1 fully saturated rings. The number of fused-ring (bicyclic) bond motifs is 3. The zero-order valence-electron chi connectivity index (χ0n) is 22.1. The first-order chi connectivity index (χ1) is 19.4. The van der Waals surface area contributed by atoms with Crippen molar-refractivity contribution in [3.63, 3.8) is 0 Å². The van der Waals surface area contributed by atoms with Crippen molar-refractivity contribution in [2.45, 2.75) is 50.7 Å². The monoisotopic (exact) mass is 555 g/mol. The number of hydrogen-bond donors (Lipinski definition) is 1. The molecule has 40 heavy (non-hydrogen) atoms. The lowest BCUT2D eigenvalue weighted by Gasteiger charge is -2.39. The van der Waals surface area contributed by atoms with Crippen LogP contribution in [0.4, 0.5) is 0 Å². The van der Waals surface area contributed by atoms with Crippen molar-refractivity contribution in [2.75, 3.05) is 13.1 Å². The molecule has 2 aliphatic heterocycles. The molecule has 1 amide bonds. The van der Waals surface area contributed by atoms with Gasteiger partial charge in [-0.05, 0) is 73.6 Å². The number of carboxylic acid groups (broad SMARTS) is 1. The van der Waals surface area contributed by atoms with Crippen molar-refractivity contribution in [1.29, 1.82) is 0 Å². The molecule has 4 aromatic rings. The van der Waals surface area contributed by atoms with Crippen molar-refractivity contribution in [3.8, 4) is 11.3 Å². The number of ether oxygens (including phenoxy) is 1. The Kier molecular flexibility index (Phi) is 7.26. The van der Waals surface area contributed by atoms with Crippen LogP contribution in [-0.4, -0.2) is 44.9 Å². The van der Waals surface area contributed by atoms with Crippen molar-refractivity contribution in [1.82, 2.24) is 14.9 Å². The van der Waals surface area contributed by atoms with Crippen LogP contribution in [0, 0.1) is 0 Å². The smallest absolute Gasteiger partial charge is 0.303 e. The van der Waals surface area contributed by atoms with Crippen LogP contribution in [0.25, 0.3) is 22.3 Å². The minimum absolute atomic E-state index is 0.0189. The van der Waals surface area contributed by atoms with E-state index in [9.17, 15) is 9.59 Å². The Morgan fingerprint density at radius 1 is 0.950 bits per heavy atom. The Hall–Kier alpha value is -3.81. The molecule has 0 bridgehead atoms. The summed E-state index contributed by atoms with van der Waals surface area (Å²) in [5.74, 6) is -0.826. The summed E-state index contributed by atoms with van der Waals surface area (Å²) >= 11 is 6.10. The van der Waals surface area contributed by atoms with Crippen molar-refractivity contribution in [3.05, 3.63) is 94.1 Å². The van der Waals surface area contributed by atoms with Gasteiger partial charge in [0.15, 0.2) is 0 Å². The van der Waals surface area contributed by atoms with Gasteiger partial charge >= 0.3 is 5.97 Å². The molecule has 1 N–H and O–H groups in total. The second-order valence-electron chi connectivity index (χ2n) is 10.6. The molecule has 0 aliphatic carbocycles. The Morgan fingerprint density at radius 3 is 2.50 bits per heavy atom. The number of carbonyl (C=O) groups is 2. The predicted molar refractivity (Wildman–Crippen MR) is 153 cm³/mol. The first-order valence-corrected chi connectivity index (χ1v) is 14.1. The summed E-state index contributed by atoms with van der Waals surface area (Å²) in [6.07, 6.45) is 3.47. The molecule has 8 heteroatoms. The quantitative estimate of drug-likeness (QED) is 0.265. The van der Waals surface area contributed by atoms with E-state index in [1.807, 2.05) is 53.4 Å². The number of unbranched alkanes of at least 4 members (excludes halogenated alkanes) is 1. The number of aryl methyl sites for hydroxylation is 1. The maximum atomic E-state index is 13.5. The standard InChI is InChI=1S/C32H30ClN3O4/c33-24-12-9-21(10-13-24)30-27(7-3-4-8-29(37)38)34-28-19-22(11-14-26(28)35-30)31(39)36-17-15-32(16-18-36)25-6-2-1-5-23(25)20-40-32/h1-2,5-6,9-14,19H,3-4,7-8,15-18,20H2,(H,37,38). The molecular weight excluding hydrogens is 526 g/mol. The van der Waals surface area contributed by atoms with Gasteiger partial charge in [-0.25, -0.2) is 9.97 Å². The number of hydrogen-bond acceptors (Lipinski definition) is 5. The molecule has 0 saturated carbocycles. The van der Waals surface area contributed by atoms with Gasteiger partial charge in [0.05, 0.1) is 34.6 Å². The highest BCUT2D eigenvalue weighted by atomic mass is 35.5.